The molecule has 2 aromatic carbocycles. The fourth-order valence-corrected chi connectivity index (χ4v) is 3.94. The SMILES string of the molecule is COc1cccc(C(=O)N2CCN(C(=O)c3ccc4c(c3)CCC4)CC2)c1. The van der Waals surface area contributed by atoms with Crippen LogP contribution in [0.15, 0.2) is 42.5 Å². The summed E-state index contributed by atoms with van der Waals surface area (Å²) in [5.74, 6) is 0.725. The zero-order valence-electron chi connectivity index (χ0n) is 15.6. The van der Waals surface area contributed by atoms with E-state index in [4.69, 9.17) is 4.74 Å². The quantitative estimate of drug-likeness (QED) is 0.842. The molecule has 1 heterocycles. The Balaban J connectivity index is 1.39. The van der Waals surface area contributed by atoms with E-state index in [-0.39, 0.29) is 11.8 Å². The normalized spacial score (nSPS) is 16.2. The van der Waals surface area contributed by atoms with Gasteiger partial charge < -0.3 is 14.5 Å². The molecule has 2 aromatic rings. The van der Waals surface area contributed by atoms with Crippen molar-refractivity contribution in [1.82, 2.24) is 9.80 Å². The lowest BCUT2D eigenvalue weighted by atomic mass is 10.1. The van der Waals surface area contributed by atoms with Crippen molar-refractivity contribution in [3.05, 3.63) is 64.7 Å². The van der Waals surface area contributed by atoms with Gasteiger partial charge in [0.05, 0.1) is 7.11 Å². The first-order valence-electron chi connectivity index (χ1n) is 9.50. The monoisotopic (exact) mass is 364 g/mol. The molecule has 0 atom stereocenters. The summed E-state index contributed by atoms with van der Waals surface area (Å²) >= 11 is 0. The molecule has 1 aliphatic heterocycles. The van der Waals surface area contributed by atoms with Gasteiger partial charge >= 0.3 is 0 Å². The van der Waals surface area contributed by atoms with E-state index in [9.17, 15) is 9.59 Å². The fraction of sp³-hybridized carbons (Fsp3) is 0.364. The number of amides is 2. The smallest absolute Gasteiger partial charge is 0.254 e. The molecule has 0 bridgehead atoms. The molecule has 0 unspecified atom stereocenters. The summed E-state index contributed by atoms with van der Waals surface area (Å²) in [5.41, 5.74) is 4.07. The van der Waals surface area contributed by atoms with Crippen molar-refractivity contribution in [2.75, 3.05) is 33.3 Å². The van der Waals surface area contributed by atoms with Crippen molar-refractivity contribution in [2.24, 2.45) is 0 Å². The Morgan fingerprint density at radius 2 is 1.44 bits per heavy atom. The second-order valence-corrected chi connectivity index (χ2v) is 7.15. The van der Waals surface area contributed by atoms with Gasteiger partial charge in [0, 0.05) is 37.3 Å². The zero-order chi connectivity index (χ0) is 18.8. The van der Waals surface area contributed by atoms with Gasteiger partial charge in [0.25, 0.3) is 11.8 Å². The molecule has 2 amide bonds. The Kier molecular flexibility index (Phi) is 4.84. The van der Waals surface area contributed by atoms with Crippen molar-refractivity contribution < 1.29 is 14.3 Å². The van der Waals surface area contributed by atoms with E-state index in [2.05, 4.69) is 12.1 Å². The molecule has 0 radical (unpaired) electrons. The van der Waals surface area contributed by atoms with Crippen LogP contribution in [0, 0.1) is 0 Å². The minimum atomic E-state index is -0.0153. The number of nitrogens with zero attached hydrogens (tertiary/aromatic N) is 2. The number of carbonyl (C=O) groups excluding carboxylic acids is 2. The predicted molar refractivity (Wildman–Crippen MR) is 103 cm³/mol. The van der Waals surface area contributed by atoms with Gasteiger partial charge in [-0.1, -0.05) is 12.1 Å². The van der Waals surface area contributed by atoms with Crippen molar-refractivity contribution in [2.45, 2.75) is 19.3 Å². The Hall–Kier alpha value is -2.82. The minimum Gasteiger partial charge on any atom is -0.497 e. The van der Waals surface area contributed by atoms with Crippen LogP contribution in [0.1, 0.15) is 38.3 Å². The standard InChI is InChI=1S/C22H24N2O3/c1-27-20-7-3-6-18(15-20)21(25)23-10-12-24(13-11-23)22(26)19-9-8-16-4-2-5-17(16)14-19/h3,6-9,14-15H,2,4-5,10-13H2,1H3. The van der Waals surface area contributed by atoms with E-state index in [1.807, 2.05) is 23.1 Å². The topological polar surface area (TPSA) is 49.9 Å². The largest absolute Gasteiger partial charge is 0.497 e. The van der Waals surface area contributed by atoms with Crippen LogP contribution in [0.25, 0.3) is 0 Å². The summed E-state index contributed by atoms with van der Waals surface area (Å²) < 4.78 is 5.20. The lowest BCUT2D eigenvalue weighted by Crippen LogP contribution is -2.50. The molecule has 4 rings (SSSR count). The van der Waals surface area contributed by atoms with Crippen molar-refractivity contribution in [3.63, 3.8) is 0 Å². The first-order chi connectivity index (χ1) is 13.2. The van der Waals surface area contributed by atoms with Crippen molar-refractivity contribution in [3.8, 4) is 5.75 Å². The molecule has 0 spiro atoms. The number of hydrogen-bond donors (Lipinski definition) is 0. The van der Waals surface area contributed by atoms with Crippen LogP contribution < -0.4 is 4.74 Å². The third-order valence-electron chi connectivity index (χ3n) is 5.52. The molecule has 1 fully saturated rings. The Morgan fingerprint density at radius 1 is 0.815 bits per heavy atom. The lowest BCUT2D eigenvalue weighted by molar-refractivity contribution is 0.0535. The molecule has 1 saturated heterocycles. The first kappa shape index (κ1) is 17.6. The first-order valence-corrected chi connectivity index (χ1v) is 9.50. The van der Waals surface area contributed by atoms with Gasteiger partial charge in [0.15, 0.2) is 0 Å². The van der Waals surface area contributed by atoms with Gasteiger partial charge in [-0.25, -0.2) is 0 Å². The van der Waals surface area contributed by atoms with Crippen LogP contribution in [-0.2, 0) is 12.8 Å². The van der Waals surface area contributed by atoms with Gasteiger partial charge in [-0.05, 0) is 60.7 Å². The summed E-state index contributed by atoms with van der Waals surface area (Å²) in [4.78, 5) is 29.2. The van der Waals surface area contributed by atoms with Crippen LogP contribution in [0.3, 0.4) is 0 Å². The molecule has 1 aliphatic carbocycles. The van der Waals surface area contributed by atoms with E-state index in [1.54, 1.807) is 24.1 Å². The molecular weight excluding hydrogens is 340 g/mol. The molecule has 5 heteroatoms. The highest BCUT2D eigenvalue weighted by Crippen LogP contribution is 2.24. The van der Waals surface area contributed by atoms with Gasteiger partial charge in [0.2, 0.25) is 0 Å². The Labute approximate surface area is 159 Å². The van der Waals surface area contributed by atoms with E-state index < -0.39 is 0 Å². The van der Waals surface area contributed by atoms with E-state index in [1.165, 1.54) is 17.5 Å². The molecule has 27 heavy (non-hydrogen) atoms. The van der Waals surface area contributed by atoms with Crippen molar-refractivity contribution in [1.29, 1.82) is 0 Å². The summed E-state index contributed by atoms with van der Waals surface area (Å²) in [6.07, 6.45) is 3.37. The molecule has 0 N–H and O–H groups in total. The van der Waals surface area contributed by atoms with Gasteiger partial charge in [0.1, 0.15) is 5.75 Å². The lowest BCUT2D eigenvalue weighted by Gasteiger charge is -2.35. The van der Waals surface area contributed by atoms with E-state index in [0.717, 1.165) is 18.4 Å². The second-order valence-electron chi connectivity index (χ2n) is 7.15. The Morgan fingerprint density at radius 3 is 2.11 bits per heavy atom. The number of benzene rings is 2. The van der Waals surface area contributed by atoms with Crippen LogP contribution in [0.2, 0.25) is 0 Å². The van der Waals surface area contributed by atoms with Gasteiger partial charge in [-0.2, -0.15) is 0 Å². The third-order valence-corrected chi connectivity index (χ3v) is 5.52. The predicted octanol–water partition coefficient (Wildman–Crippen LogP) is 2.78. The van der Waals surface area contributed by atoms with Crippen molar-refractivity contribution >= 4 is 11.8 Å². The highest BCUT2D eigenvalue weighted by molar-refractivity contribution is 5.96. The summed E-state index contributed by atoms with van der Waals surface area (Å²) in [6.45, 7) is 2.22. The maximum atomic E-state index is 12.8. The van der Waals surface area contributed by atoms with E-state index in [0.29, 0.717) is 37.5 Å². The van der Waals surface area contributed by atoms with Crippen LogP contribution in [0.4, 0.5) is 0 Å². The molecule has 0 saturated carbocycles. The molecule has 0 aromatic heterocycles. The molecular formula is C22H24N2O3. The highest BCUT2D eigenvalue weighted by Gasteiger charge is 2.26. The number of carbonyl (C=O) groups is 2. The molecule has 140 valence electrons. The number of fused-ring (bicyclic) bond motifs is 1. The number of hydrogen-bond acceptors (Lipinski definition) is 3. The second kappa shape index (κ2) is 7.43. The number of aryl methyl sites for hydroxylation is 2. The van der Waals surface area contributed by atoms with Crippen LogP contribution in [-0.4, -0.2) is 54.9 Å². The summed E-state index contributed by atoms with van der Waals surface area (Å²) in [7, 11) is 1.59. The number of piperazine rings is 1. The maximum absolute atomic E-state index is 12.8. The highest BCUT2D eigenvalue weighted by atomic mass is 16.5. The summed E-state index contributed by atoms with van der Waals surface area (Å²) in [5, 5.41) is 0. The van der Waals surface area contributed by atoms with Gasteiger partial charge in [-0.3, -0.25) is 9.59 Å². The average molecular weight is 364 g/mol. The van der Waals surface area contributed by atoms with E-state index >= 15 is 0 Å². The zero-order valence-corrected chi connectivity index (χ0v) is 15.6. The Bertz CT molecular complexity index is 870. The van der Waals surface area contributed by atoms with Crippen LogP contribution in [0.5, 0.6) is 5.75 Å². The minimum absolute atomic E-state index is 0.0153. The maximum Gasteiger partial charge on any atom is 0.254 e. The average Bonchev–Trinajstić information content (AvgIpc) is 3.20. The van der Waals surface area contributed by atoms with Gasteiger partial charge in [-0.15, -0.1) is 0 Å². The third kappa shape index (κ3) is 3.54. The number of methoxy groups -OCH3 is 1. The number of ether oxygens (including phenoxy) is 1. The number of rotatable bonds is 3. The summed E-state index contributed by atoms with van der Waals surface area (Å²) in [6, 6.07) is 13.3. The fourth-order valence-electron chi connectivity index (χ4n) is 3.94. The van der Waals surface area contributed by atoms with Crippen LogP contribution >= 0.6 is 0 Å². The molecule has 2 aliphatic rings. The molecule has 5 nitrogen and oxygen atoms in total.